The van der Waals surface area contributed by atoms with Gasteiger partial charge in [0.1, 0.15) is 0 Å². The number of benzene rings is 2. The van der Waals surface area contributed by atoms with E-state index in [1.807, 2.05) is 0 Å². The van der Waals surface area contributed by atoms with E-state index >= 15 is 0 Å². The molecule has 1 heteroatoms. The lowest BCUT2D eigenvalue weighted by Crippen LogP contribution is -2.33. The zero-order valence-corrected chi connectivity index (χ0v) is 12.3. The Kier molecular flexibility index (Phi) is 3.48. The quantitative estimate of drug-likeness (QED) is 0.705. The number of rotatable bonds is 2. The highest BCUT2D eigenvalue weighted by atomic mass is 28.2. The highest BCUT2D eigenvalue weighted by Crippen LogP contribution is 2.19. The molecule has 0 bridgehead atoms. The largest absolute Gasteiger partial charge is 0.0879 e. The lowest BCUT2D eigenvalue weighted by molar-refractivity contribution is 0.594. The Bertz CT molecular complexity index is 480. The van der Waals surface area contributed by atoms with Crippen molar-refractivity contribution in [3.05, 3.63) is 60.2 Å². The summed E-state index contributed by atoms with van der Waals surface area (Å²) in [6.45, 7) is 6.89. The van der Waals surface area contributed by atoms with Crippen LogP contribution in [0.5, 0.6) is 0 Å². The molecular weight excluding hydrogens is 220 g/mol. The molecule has 2 aromatic rings. The van der Waals surface area contributed by atoms with Crippen molar-refractivity contribution in [3.63, 3.8) is 0 Å². The molecule has 0 saturated heterocycles. The van der Waals surface area contributed by atoms with Crippen LogP contribution in [0.2, 0.25) is 0 Å². The van der Waals surface area contributed by atoms with Crippen molar-refractivity contribution in [2.45, 2.75) is 26.2 Å². The molecule has 0 spiro atoms. The first-order chi connectivity index (χ1) is 8.07. The van der Waals surface area contributed by atoms with Crippen molar-refractivity contribution in [1.82, 2.24) is 0 Å². The topological polar surface area (TPSA) is 0 Å². The van der Waals surface area contributed by atoms with Crippen molar-refractivity contribution in [2.75, 3.05) is 0 Å². The lowest BCUT2D eigenvalue weighted by Gasteiger charge is -2.22. The molecular formula is C16H20Si. The molecule has 0 N–H and O–H groups in total. The van der Waals surface area contributed by atoms with Crippen LogP contribution in [0.3, 0.4) is 0 Å². The Balaban J connectivity index is 2.34. The predicted molar refractivity (Wildman–Crippen MR) is 79.4 cm³/mol. The number of hydrogen-bond donors (Lipinski definition) is 0. The smallest absolute Gasteiger partial charge is 0.0633 e. The lowest BCUT2D eigenvalue weighted by atomic mass is 9.87. The summed E-state index contributed by atoms with van der Waals surface area (Å²) in [6, 6.07) is 19.8. The van der Waals surface area contributed by atoms with Gasteiger partial charge in [0.25, 0.3) is 0 Å². The summed E-state index contributed by atoms with van der Waals surface area (Å²) in [6.07, 6.45) is 0. The van der Waals surface area contributed by atoms with Crippen molar-refractivity contribution in [3.8, 4) is 0 Å². The molecule has 17 heavy (non-hydrogen) atoms. The molecule has 0 heterocycles. The fourth-order valence-corrected chi connectivity index (χ4v) is 4.26. The third kappa shape index (κ3) is 3.07. The summed E-state index contributed by atoms with van der Waals surface area (Å²) >= 11 is 0. The maximum absolute atomic E-state index is 2.31. The van der Waals surface area contributed by atoms with E-state index in [9.17, 15) is 0 Å². The third-order valence-electron chi connectivity index (χ3n) is 3.06. The summed E-state index contributed by atoms with van der Waals surface area (Å²) in [5, 5.41) is 3.09. The molecule has 0 aliphatic carbocycles. The second-order valence-electron chi connectivity index (χ2n) is 5.57. The third-order valence-corrected chi connectivity index (χ3v) is 4.94. The maximum atomic E-state index is 2.31. The zero-order chi connectivity index (χ0) is 12.3. The van der Waals surface area contributed by atoms with E-state index in [0.717, 1.165) is 0 Å². The minimum atomic E-state index is -0.343. The minimum absolute atomic E-state index is 0.248. The van der Waals surface area contributed by atoms with E-state index in [1.165, 1.54) is 10.8 Å². The van der Waals surface area contributed by atoms with Crippen LogP contribution in [0, 0.1) is 0 Å². The van der Waals surface area contributed by atoms with Crippen LogP contribution < -0.4 is 10.4 Å². The normalized spacial score (nSPS) is 12.2. The van der Waals surface area contributed by atoms with Gasteiger partial charge in [0.2, 0.25) is 0 Å². The van der Waals surface area contributed by atoms with Gasteiger partial charge in [-0.15, -0.1) is 0 Å². The SMILES string of the molecule is CC(C)(C)c1ccccc1[SiH2]c1ccccc1. The van der Waals surface area contributed by atoms with Gasteiger partial charge in [-0.3, -0.25) is 0 Å². The number of hydrogen-bond acceptors (Lipinski definition) is 0. The molecule has 0 atom stereocenters. The summed E-state index contributed by atoms with van der Waals surface area (Å²) < 4.78 is 0. The van der Waals surface area contributed by atoms with Crippen LogP contribution >= 0.6 is 0 Å². The fraction of sp³-hybridized carbons (Fsp3) is 0.250. The summed E-state index contributed by atoms with van der Waals surface area (Å²) in [7, 11) is -0.343. The monoisotopic (exact) mass is 240 g/mol. The molecule has 0 saturated carbocycles. The first kappa shape index (κ1) is 12.1. The zero-order valence-electron chi connectivity index (χ0n) is 10.9. The van der Waals surface area contributed by atoms with Crippen LogP contribution in [0.1, 0.15) is 26.3 Å². The van der Waals surface area contributed by atoms with Crippen molar-refractivity contribution in [2.24, 2.45) is 0 Å². The van der Waals surface area contributed by atoms with Gasteiger partial charge in [-0.25, -0.2) is 0 Å². The van der Waals surface area contributed by atoms with E-state index in [4.69, 9.17) is 0 Å². The van der Waals surface area contributed by atoms with Crippen LogP contribution in [-0.2, 0) is 5.41 Å². The van der Waals surface area contributed by atoms with Crippen LogP contribution in [0.4, 0.5) is 0 Å². The average molecular weight is 240 g/mol. The molecule has 0 aliphatic heterocycles. The first-order valence-electron chi connectivity index (χ1n) is 6.20. The maximum Gasteiger partial charge on any atom is 0.0879 e. The molecule has 88 valence electrons. The fourth-order valence-electron chi connectivity index (χ4n) is 2.22. The molecule has 0 fully saturated rings. The van der Waals surface area contributed by atoms with E-state index in [0.29, 0.717) is 0 Å². The van der Waals surface area contributed by atoms with Gasteiger partial charge in [-0.1, -0.05) is 85.7 Å². The Labute approximate surface area is 107 Å². The van der Waals surface area contributed by atoms with Crippen molar-refractivity contribution in [1.29, 1.82) is 0 Å². The molecule has 0 amide bonds. The second-order valence-corrected chi connectivity index (χ2v) is 7.50. The Morgan fingerprint density at radius 1 is 0.765 bits per heavy atom. The molecule has 0 radical (unpaired) electrons. The molecule has 2 rings (SSSR count). The van der Waals surface area contributed by atoms with Gasteiger partial charge in [-0.05, 0) is 11.0 Å². The van der Waals surface area contributed by atoms with Gasteiger partial charge < -0.3 is 0 Å². The van der Waals surface area contributed by atoms with E-state index in [2.05, 4.69) is 75.4 Å². The van der Waals surface area contributed by atoms with Crippen molar-refractivity contribution < 1.29 is 0 Å². The predicted octanol–water partition coefficient (Wildman–Crippen LogP) is 2.10. The summed E-state index contributed by atoms with van der Waals surface area (Å²) in [4.78, 5) is 0. The van der Waals surface area contributed by atoms with Gasteiger partial charge in [0.05, 0.1) is 9.52 Å². The van der Waals surface area contributed by atoms with Crippen LogP contribution in [0.25, 0.3) is 0 Å². The van der Waals surface area contributed by atoms with E-state index in [-0.39, 0.29) is 14.9 Å². The van der Waals surface area contributed by atoms with Crippen LogP contribution in [0.15, 0.2) is 54.6 Å². The summed E-state index contributed by atoms with van der Waals surface area (Å²) in [5.74, 6) is 0. The Morgan fingerprint density at radius 3 is 2.00 bits per heavy atom. The molecule has 2 aromatic carbocycles. The second kappa shape index (κ2) is 4.88. The standard InChI is InChI=1S/C16H20Si/c1-16(2,3)14-11-7-8-12-15(14)17-13-9-5-4-6-10-13/h4-12H,17H2,1-3H3. The van der Waals surface area contributed by atoms with Crippen molar-refractivity contribution >= 4 is 19.9 Å². The molecule has 0 aliphatic rings. The van der Waals surface area contributed by atoms with E-state index in [1.54, 1.807) is 5.19 Å². The molecule has 0 unspecified atom stereocenters. The van der Waals surface area contributed by atoms with E-state index < -0.39 is 0 Å². The summed E-state index contributed by atoms with van der Waals surface area (Å²) in [5.41, 5.74) is 1.76. The van der Waals surface area contributed by atoms with Gasteiger partial charge in [-0.2, -0.15) is 0 Å². The highest BCUT2D eigenvalue weighted by molar-refractivity contribution is 6.67. The first-order valence-corrected chi connectivity index (χ1v) is 7.61. The highest BCUT2D eigenvalue weighted by Gasteiger charge is 2.17. The average Bonchev–Trinajstić information content (AvgIpc) is 2.30. The van der Waals surface area contributed by atoms with Gasteiger partial charge in [0, 0.05) is 0 Å². The molecule has 0 nitrogen and oxygen atoms in total. The van der Waals surface area contributed by atoms with Gasteiger partial charge >= 0.3 is 0 Å². The van der Waals surface area contributed by atoms with Crippen LogP contribution in [-0.4, -0.2) is 9.52 Å². The Morgan fingerprint density at radius 2 is 1.35 bits per heavy atom. The molecule has 0 aromatic heterocycles. The Hall–Kier alpha value is -1.34. The van der Waals surface area contributed by atoms with Gasteiger partial charge in [0.15, 0.2) is 0 Å². The minimum Gasteiger partial charge on any atom is -0.0633 e.